The lowest BCUT2D eigenvalue weighted by Crippen LogP contribution is -2.16. The van der Waals surface area contributed by atoms with E-state index in [0.717, 1.165) is 24.1 Å². The van der Waals surface area contributed by atoms with Crippen LogP contribution in [0.3, 0.4) is 0 Å². The van der Waals surface area contributed by atoms with Gasteiger partial charge in [-0.15, -0.1) is 0 Å². The molecule has 2 aromatic carbocycles. The van der Waals surface area contributed by atoms with E-state index in [1.54, 1.807) is 14.0 Å². The number of aryl methyl sites for hydroxylation is 1. The molecule has 1 heterocycles. The standard InChI is InChI=1S/C22H22F2N2O4/c1-4-5-17-20(13-6-8-14(28-3)9-7-13)26-22(30-17)12(2)29-16-11-10-15(23)18(19(16)24)21(25)27/h6-12H,4-5H2,1-3H3,(H2,25,27). The number of aromatic nitrogens is 1. The van der Waals surface area contributed by atoms with E-state index < -0.39 is 29.2 Å². The first-order valence-corrected chi connectivity index (χ1v) is 9.44. The number of methoxy groups -OCH3 is 1. The topological polar surface area (TPSA) is 87.6 Å². The number of rotatable bonds is 8. The highest BCUT2D eigenvalue weighted by Gasteiger charge is 2.24. The van der Waals surface area contributed by atoms with Crippen LogP contribution >= 0.6 is 0 Å². The minimum absolute atomic E-state index is 0.230. The van der Waals surface area contributed by atoms with Crippen LogP contribution < -0.4 is 15.2 Å². The van der Waals surface area contributed by atoms with Gasteiger partial charge in [-0.2, -0.15) is 0 Å². The lowest BCUT2D eigenvalue weighted by atomic mass is 10.1. The first-order chi connectivity index (χ1) is 14.3. The van der Waals surface area contributed by atoms with Gasteiger partial charge < -0.3 is 19.6 Å². The molecular formula is C22H22F2N2O4. The van der Waals surface area contributed by atoms with Crippen molar-refractivity contribution in [2.45, 2.75) is 32.8 Å². The Morgan fingerprint density at radius 3 is 2.50 bits per heavy atom. The number of hydrogen-bond acceptors (Lipinski definition) is 5. The molecule has 30 heavy (non-hydrogen) atoms. The van der Waals surface area contributed by atoms with Gasteiger partial charge in [0.2, 0.25) is 5.89 Å². The Morgan fingerprint density at radius 1 is 1.20 bits per heavy atom. The molecule has 3 aromatic rings. The molecule has 1 unspecified atom stereocenters. The van der Waals surface area contributed by atoms with Gasteiger partial charge in [0.15, 0.2) is 17.7 Å². The SMILES string of the molecule is CCCc1oc(C(C)Oc2ccc(F)c(C(N)=O)c2F)nc1-c1ccc(OC)cc1. The molecule has 0 aliphatic rings. The fraction of sp³-hybridized carbons (Fsp3) is 0.273. The molecule has 0 aliphatic carbocycles. The lowest BCUT2D eigenvalue weighted by Gasteiger charge is -2.13. The highest BCUT2D eigenvalue weighted by Crippen LogP contribution is 2.32. The third-order valence-electron chi connectivity index (χ3n) is 4.51. The van der Waals surface area contributed by atoms with Gasteiger partial charge in [0, 0.05) is 12.0 Å². The molecule has 2 N–H and O–H groups in total. The van der Waals surface area contributed by atoms with Gasteiger partial charge in [0.1, 0.15) is 28.6 Å². The number of oxazole rings is 1. The maximum absolute atomic E-state index is 14.5. The zero-order chi connectivity index (χ0) is 21.8. The van der Waals surface area contributed by atoms with E-state index in [1.165, 1.54) is 0 Å². The highest BCUT2D eigenvalue weighted by molar-refractivity contribution is 5.93. The molecule has 3 rings (SSSR count). The molecule has 0 radical (unpaired) electrons. The maximum atomic E-state index is 14.5. The van der Waals surface area contributed by atoms with Crippen LogP contribution in [0.5, 0.6) is 11.5 Å². The van der Waals surface area contributed by atoms with E-state index >= 15 is 0 Å². The summed E-state index contributed by atoms with van der Waals surface area (Å²) in [7, 11) is 1.59. The Balaban J connectivity index is 1.92. The number of amides is 1. The second-order valence-corrected chi connectivity index (χ2v) is 6.66. The van der Waals surface area contributed by atoms with Crippen molar-refractivity contribution in [1.29, 1.82) is 0 Å². The summed E-state index contributed by atoms with van der Waals surface area (Å²) in [5, 5.41) is 0. The summed E-state index contributed by atoms with van der Waals surface area (Å²) in [4.78, 5) is 15.9. The number of nitrogens with two attached hydrogens (primary N) is 1. The Hall–Kier alpha value is -3.42. The van der Waals surface area contributed by atoms with Gasteiger partial charge >= 0.3 is 0 Å². The molecule has 6 nitrogen and oxygen atoms in total. The quantitative estimate of drug-likeness (QED) is 0.569. The second kappa shape index (κ2) is 8.94. The van der Waals surface area contributed by atoms with Crippen molar-refractivity contribution < 1.29 is 27.5 Å². The largest absolute Gasteiger partial charge is 0.497 e. The lowest BCUT2D eigenvalue weighted by molar-refractivity contribution is 0.0989. The van der Waals surface area contributed by atoms with Gasteiger partial charge in [-0.1, -0.05) is 6.92 Å². The van der Waals surface area contributed by atoms with Crippen LogP contribution in [0.15, 0.2) is 40.8 Å². The van der Waals surface area contributed by atoms with Gasteiger partial charge in [-0.05, 0) is 49.7 Å². The Morgan fingerprint density at radius 2 is 1.90 bits per heavy atom. The highest BCUT2D eigenvalue weighted by atomic mass is 19.1. The molecule has 0 bridgehead atoms. The third-order valence-corrected chi connectivity index (χ3v) is 4.51. The van der Waals surface area contributed by atoms with Gasteiger partial charge in [0.25, 0.3) is 5.91 Å². The third kappa shape index (κ3) is 4.27. The van der Waals surface area contributed by atoms with Crippen molar-refractivity contribution in [1.82, 2.24) is 4.98 Å². The average molecular weight is 416 g/mol. The normalized spacial score (nSPS) is 11.9. The molecule has 1 atom stereocenters. The minimum Gasteiger partial charge on any atom is -0.497 e. The first-order valence-electron chi connectivity index (χ1n) is 9.44. The molecule has 1 aromatic heterocycles. The van der Waals surface area contributed by atoms with Crippen molar-refractivity contribution in [3.63, 3.8) is 0 Å². The minimum atomic E-state index is -1.22. The molecule has 0 spiro atoms. The molecular weight excluding hydrogens is 394 g/mol. The van der Waals surface area contributed by atoms with E-state index in [0.29, 0.717) is 23.6 Å². The number of primary amides is 1. The summed E-state index contributed by atoms with van der Waals surface area (Å²) in [5.74, 6) is -2.13. The zero-order valence-electron chi connectivity index (χ0n) is 16.9. The Labute approximate surface area is 172 Å². The van der Waals surface area contributed by atoms with Crippen molar-refractivity contribution in [2.24, 2.45) is 5.73 Å². The van der Waals surface area contributed by atoms with Crippen LogP contribution in [0.1, 0.15) is 48.4 Å². The van der Waals surface area contributed by atoms with Crippen LogP contribution in [-0.2, 0) is 6.42 Å². The first kappa shape index (κ1) is 21.3. The number of carbonyl (C=O) groups excluding carboxylic acids is 1. The summed E-state index contributed by atoms with van der Waals surface area (Å²) < 4.78 is 44.8. The molecule has 0 saturated heterocycles. The number of carbonyl (C=O) groups is 1. The second-order valence-electron chi connectivity index (χ2n) is 6.66. The fourth-order valence-electron chi connectivity index (χ4n) is 3.01. The number of ether oxygens (including phenoxy) is 2. The van der Waals surface area contributed by atoms with Crippen molar-refractivity contribution in [3.05, 3.63) is 65.2 Å². The van der Waals surface area contributed by atoms with Crippen molar-refractivity contribution in [2.75, 3.05) is 7.11 Å². The molecule has 0 fully saturated rings. The van der Waals surface area contributed by atoms with Crippen LogP contribution in [0.25, 0.3) is 11.3 Å². The number of nitrogens with zero attached hydrogens (tertiary/aromatic N) is 1. The molecule has 8 heteroatoms. The molecule has 0 aliphatic heterocycles. The van der Waals surface area contributed by atoms with E-state index in [4.69, 9.17) is 19.6 Å². The number of hydrogen-bond donors (Lipinski definition) is 1. The van der Waals surface area contributed by atoms with Crippen molar-refractivity contribution in [3.8, 4) is 22.8 Å². The van der Waals surface area contributed by atoms with Gasteiger partial charge in [-0.3, -0.25) is 4.79 Å². The predicted octanol–water partition coefficient (Wildman–Crippen LogP) is 4.82. The van der Waals surface area contributed by atoms with E-state index in [2.05, 4.69) is 4.98 Å². The molecule has 1 amide bonds. The van der Waals surface area contributed by atoms with Crippen LogP contribution in [0.2, 0.25) is 0 Å². The smallest absolute Gasteiger partial charge is 0.254 e. The maximum Gasteiger partial charge on any atom is 0.254 e. The average Bonchev–Trinajstić information content (AvgIpc) is 3.14. The van der Waals surface area contributed by atoms with Crippen LogP contribution in [-0.4, -0.2) is 18.0 Å². The van der Waals surface area contributed by atoms with E-state index in [1.807, 2.05) is 31.2 Å². The van der Waals surface area contributed by atoms with Crippen molar-refractivity contribution >= 4 is 5.91 Å². The Kier molecular flexibility index (Phi) is 6.34. The fourth-order valence-corrected chi connectivity index (χ4v) is 3.01. The van der Waals surface area contributed by atoms with Gasteiger partial charge in [0.05, 0.1) is 7.11 Å². The van der Waals surface area contributed by atoms with E-state index in [9.17, 15) is 13.6 Å². The molecule has 0 saturated carbocycles. The van der Waals surface area contributed by atoms with E-state index in [-0.39, 0.29) is 11.6 Å². The Bertz CT molecular complexity index is 1050. The summed E-state index contributed by atoms with van der Waals surface area (Å²) in [6.45, 7) is 3.63. The number of halogens is 2. The zero-order valence-corrected chi connectivity index (χ0v) is 16.9. The summed E-state index contributed by atoms with van der Waals surface area (Å²) in [5.41, 5.74) is 5.70. The van der Waals surface area contributed by atoms with Crippen LogP contribution in [0, 0.1) is 11.6 Å². The summed E-state index contributed by atoms with van der Waals surface area (Å²) in [6, 6.07) is 9.38. The summed E-state index contributed by atoms with van der Waals surface area (Å²) in [6.07, 6.45) is 0.688. The summed E-state index contributed by atoms with van der Waals surface area (Å²) >= 11 is 0. The molecule has 158 valence electrons. The predicted molar refractivity (Wildman–Crippen MR) is 106 cm³/mol. The van der Waals surface area contributed by atoms with Gasteiger partial charge in [-0.25, -0.2) is 13.8 Å². The number of benzene rings is 2. The monoisotopic (exact) mass is 416 g/mol. The van der Waals surface area contributed by atoms with Crippen LogP contribution in [0.4, 0.5) is 8.78 Å².